The van der Waals surface area contributed by atoms with Gasteiger partial charge in [-0.1, -0.05) is 0 Å². The molecular weight excluding hydrogens is 204 g/mol. The summed E-state index contributed by atoms with van der Waals surface area (Å²) in [4.78, 5) is 11.4. The zero-order valence-electron chi connectivity index (χ0n) is 9.63. The maximum absolute atomic E-state index is 11.4. The van der Waals surface area contributed by atoms with E-state index in [1.54, 1.807) is 0 Å². The summed E-state index contributed by atoms with van der Waals surface area (Å²) in [6, 6.07) is 0.253. The number of amides is 1. The van der Waals surface area contributed by atoms with Crippen LogP contribution in [0, 0.1) is 12.3 Å². The fourth-order valence-corrected chi connectivity index (χ4v) is 1.59. The lowest BCUT2D eigenvalue weighted by Crippen LogP contribution is -2.48. The summed E-state index contributed by atoms with van der Waals surface area (Å²) in [5, 5.41) is 6.18. The number of terminal acetylenes is 1. The Morgan fingerprint density at radius 2 is 2.44 bits per heavy atom. The van der Waals surface area contributed by atoms with E-state index < -0.39 is 0 Å². The molecule has 4 nitrogen and oxygen atoms in total. The van der Waals surface area contributed by atoms with Gasteiger partial charge in [-0.05, 0) is 12.8 Å². The molecule has 1 atom stereocenters. The first-order valence-electron chi connectivity index (χ1n) is 5.84. The van der Waals surface area contributed by atoms with E-state index in [2.05, 4.69) is 16.6 Å². The van der Waals surface area contributed by atoms with E-state index in [-0.39, 0.29) is 11.9 Å². The Morgan fingerprint density at radius 1 is 1.56 bits per heavy atom. The average molecular weight is 224 g/mol. The molecule has 4 heteroatoms. The maximum atomic E-state index is 11.4. The van der Waals surface area contributed by atoms with Gasteiger partial charge in [0.1, 0.15) is 0 Å². The zero-order valence-corrected chi connectivity index (χ0v) is 9.63. The van der Waals surface area contributed by atoms with Crippen molar-refractivity contribution in [3.05, 3.63) is 0 Å². The van der Waals surface area contributed by atoms with Gasteiger partial charge < -0.3 is 15.4 Å². The lowest BCUT2D eigenvalue weighted by molar-refractivity contribution is -0.121. The molecule has 90 valence electrons. The maximum Gasteiger partial charge on any atom is 0.220 e. The molecule has 0 bridgehead atoms. The molecule has 1 aliphatic rings. The molecule has 1 rings (SSSR count). The van der Waals surface area contributed by atoms with Gasteiger partial charge in [0, 0.05) is 32.0 Å². The first kappa shape index (κ1) is 13.0. The van der Waals surface area contributed by atoms with Gasteiger partial charge in [-0.3, -0.25) is 4.79 Å². The van der Waals surface area contributed by atoms with Crippen molar-refractivity contribution in [1.29, 1.82) is 0 Å². The third-order valence-corrected chi connectivity index (χ3v) is 2.52. The molecule has 2 N–H and O–H groups in total. The van der Waals surface area contributed by atoms with Crippen LogP contribution in [0.4, 0.5) is 0 Å². The Bertz CT molecular complexity index is 242. The number of hydrogen-bond acceptors (Lipinski definition) is 3. The number of ether oxygens (including phenoxy) is 1. The minimum absolute atomic E-state index is 0.101. The quantitative estimate of drug-likeness (QED) is 0.503. The van der Waals surface area contributed by atoms with Gasteiger partial charge in [0.15, 0.2) is 0 Å². The summed E-state index contributed by atoms with van der Waals surface area (Å²) in [6.07, 6.45) is 8.24. The number of nitrogens with one attached hydrogen (secondary N) is 2. The van der Waals surface area contributed by atoms with Crippen LogP contribution >= 0.6 is 0 Å². The lowest BCUT2D eigenvalue weighted by atomic mass is 10.2. The molecule has 1 heterocycles. The van der Waals surface area contributed by atoms with Gasteiger partial charge in [-0.2, -0.15) is 0 Å². The highest BCUT2D eigenvalue weighted by molar-refractivity contribution is 5.75. The van der Waals surface area contributed by atoms with Crippen LogP contribution in [-0.4, -0.2) is 38.3 Å². The number of carbonyl (C=O) groups is 1. The molecule has 0 aliphatic carbocycles. The summed E-state index contributed by atoms with van der Waals surface area (Å²) < 4.78 is 5.29. The summed E-state index contributed by atoms with van der Waals surface area (Å²) >= 11 is 0. The fourth-order valence-electron chi connectivity index (χ4n) is 1.59. The van der Waals surface area contributed by atoms with Gasteiger partial charge in [0.05, 0.1) is 13.2 Å². The van der Waals surface area contributed by atoms with Crippen LogP contribution in [0.3, 0.4) is 0 Å². The summed E-state index contributed by atoms with van der Waals surface area (Å²) in [5.41, 5.74) is 0. The van der Waals surface area contributed by atoms with Gasteiger partial charge in [0.25, 0.3) is 0 Å². The third kappa shape index (κ3) is 5.74. The van der Waals surface area contributed by atoms with Gasteiger partial charge >= 0.3 is 0 Å². The third-order valence-electron chi connectivity index (χ3n) is 2.52. The molecule has 1 saturated heterocycles. The molecule has 0 spiro atoms. The molecule has 1 fully saturated rings. The smallest absolute Gasteiger partial charge is 0.220 e. The van der Waals surface area contributed by atoms with E-state index in [4.69, 9.17) is 11.2 Å². The summed E-state index contributed by atoms with van der Waals surface area (Å²) in [6.45, 7) is 2.95. The van der Waals surface area contributed by atoms with Crippen molar-refractivity contribution in [2.24, 2.45) is 0 Å². The molecule has 1 aliphatic heterocycles. The van der Waals surface area contributed by atoms with E-state index >= 15 is 0 Å². The van der Waals surface area contributed by atoms with E-state index in [0.717, 1.165) is 32.4 Å². The molecule has 0 aromatic rings. The largest absolute Gasteiger partial charge is 0.378 e. The molecule has 1 unspecified atom stereocenters. The highest BCUT2D eigenvalue weighted by Crippen LogP contribution is 1.98. The van der Waals surface area contributed by atoms with Crippen LogP contribution in [0.5, 0.6) is 0 Å². The van der Waals surface area contributed by atoms with Crippen LogP contribution in [0.25, 0.3) is 0 Å². The van der Waals surface area contributed by atoms with E-state index in [1.165, 1.54) is 0 Å². The minimum atomic E-state index is 0.101. The first-order chi connectivity index (χ1) is 7.83. The van der Waals surface area contributed by atoms with Crippen LogP contribution in [0.1, 0.15) is 25.7 Å². The number of morpholine rings is 1. The van der Waals surface area contributed by atoms with Gasteiger partial charge in [-0.25, -0.2) is 0 Å². The minimum Gasteiger partial charge on any atom is -0.378 e. The van der Waals surface area contributed by atoms with E-state index in [0.29, 0.717) is 19.6 Å². The molecule has 0 saturated carbocycles. The van der Waals surface area contributed by atoms with Crippen LogP contribution < -0.4 is 10.6 Å². The Morgan fingerprint density at radius 3 is 3.12 bits per heavy atom. The number of rotatable bonds is 6. The average Bonchev–Trinajstić information content (AvgIpc) is 2.33. The second kappa shape index (κ2) is 8.14. The monoisotopic (exact) mass is 224 g/mol. The second-order valence-corrected chi connectivity index (χ2v) is 3.94. The standard InChI is InChI=1S/C12H20N2O2/c1-2-3-4-5-6-12(15)14-9-11-10-16-8-7-13-11/h1,11,13H,3-10H2,(H,14,15). The van der Waals surface area contributed by atoms with Crippen LogP contribution in [0.15, 0.2) is 0 Å². The predicted octanol–water partition coefficient (Wildman–Crippen LogP) is 0.285. The number of unbranched alkanes of at least 4 members (excludes halogenated alkanes) is 2. The van der Waals surface area contributed by atoms with Crippen molar-refractivity contribution >= 4 is 5.91 Å². The molecule has 0 radical (unpaired) electrons. The molecule has 16 heavy (non-hydrogen) atoms. The van der Waals surface area contributed by atoms with Crippen molar-refractivity contribution in [1.82, 2.24) is 10.6 Å². The van der Waals surface area contributed by atoms with E-state index in [9.17, 15) is 4.79 Å². The molecular formula is C12H20N2O2. The van der Waals surface area contributed by atoms with Crippen molar-refractivity contribution in [2.75, 3.05) is 26.3 Å². The summed E-state index contributed by atoms with van der Waals surface area (Å²) in [5.74, 6) is 2.67. The Balaban J connectivity index is 1.99. The Labute approximate surface area is 97.1 Å². The Kier molecular flexibility index (Phi) is 6.62. The number of carbonyl (C=O) groups excluding carboxylic acids is 1. The topological polar surface area (TPSA) is 50.4 Å². The number of hydrogen-bond donors (Lipinski definition) is 2. The highest BCUT2D eigenvalue weighted by atomic mass is 16.5. The van der Waals surface area contributed by atoms with Crippen LogP contribution in [0.2, 0.25) is 0 Å². The van der Waals surface area contributed by atoms with E-state index in [1.807, 2.05) is 0 Å². The second-order valence-electron chi connectivity index (χ2n) is 3.94. The lowest BCUT2D eigenvalue weighted by Gasteiger charge is -2.23. The Hall–Kier alpha value is -1.05. The molecule has 1 amide bonds. The normalized spacial score (nSPS) is 20.1. The van der Waals surface area contributed by atoms with Crippen LogP contribution in [-0.2, 0) is 9.53 Å². The van der Waals surface area contributed by atoms with Gasteiger partial charge in [-0.15, -0.1) is 12.3 Å². The fraction of sp³-hybridized carbons (Fsp3) is 0.750. The van der Waals surface area contributed by atoms with Gasteiger partial charge in [0.2, 0.25) is 5.91 Å². The highest BCUT2D eigenvalue weighted by Gasteiger charge is 2.13. The zero-order chi connectivity index (χ0) is 11.6. The van der Waals surface area contributed by atoms with Crippen molar-refractivity contribution in [2.45, 2.75) is 31.7 Å². The van der Waals surface area contributed by atoms with Crippen molar-refractivity contribution < 1.29 is 9.53 Å². The predicted molar refractivity (Wildman–Crippen MR) is 62.9 cm³/mol. The molecule has 0 aromatic carbocycles. The first-order valence-corrected chi connectivity index (χ1v) is 5.84. The summed E-state index contributed by atoms with van der Waals surface area (Å²) in [7, 11) is 0. The molecule has 0 aromatic heterocycles. The SMILES string of the molecule is C#CCCCCC(=O)NCC1COCCN1. The van der Waals surface area contributed by atoms with Crippen molar-refractivity contribution in [3.8, 4) is 12.3 Å². The van der Waals surface area contributed by atoms with Crippen molar-refractivity contribution in [3.63, 3.8) is 0 Å².